The molecule has 1 saturated heterocycles. The number of nitrogens with one attached hydrogen (secondary N) is 1. The summed E-state index contributed by atoms with van der Waals surface area (Å²) in [5.41, 5.74) is 2.14. The first-order chi connectivity index (χ1) is 13.8. The van der Waals surface area contributed by atoms with Crippen molar-refractivity contribution in [2.24, 2.45) is 0 Å². The molecule has 0 aliphatic carbocycles. The molecule has 28 heavy (non-hydrogen) atoms. The molecule has 0 saturated carbocycles. The Kier molecular flexibility index (Phi) is 6.16. The number of hydrogen-bond acceptors (Lipinski definition) is 7. The summed E-state index contributed by atoms with van der Waals surface area (Å²) in [4.78, 5) is 8.87. The van der Waals surface area contributed by atoms with E-state index < -0.39 is 0 Å². The lowest BCUT2D eigenvalue weighted by Crippen LogP contribution is -2.31. The molecule has 0 radical (unpaired) electrons. The summed E-state index contributed by atoms with van der Waals surface area (Å²) in [7, 11) is 1.65. The van der Waals surface area contributed by atoms with Gasteiger partial charge in [0.05, 0.1) is 18.9 Å². The molecule has 4 rings (SSSR count). The Morgan fingerprint density at radius 1 is 1.21 bits per heavy atom. The van der Waals surface area contributed by atoms with E-state index in [1.165, 1.54) is 0 Å². The van der Waals surface area contributed by atoms with Crippen LogP contribution in [-0.4, -0.2) is 29.7 Å². The van der Waals surface area contributed by atoms with Crippen molar-refractivity contribution in [2.75, 3.05) is 13.7 Å². The molecule has 2 atom stereocenters. The molecule has 1 aliphatic rings. The summed E-state index contributed by atoms with van der Waals surface area (Å²) in [6, 6.07) is 11.8. The average molecular weight is 398 g/mol. The second kappa shape index (κ2) is 9.14. The summed E-state index contributed by atoms with van der Waals surface area (Å²) in [6.07, 6.45) is 4.69. The summed E-state index contributed by atoms with van der Waals surface area (Å²) >= 11 is 1.61. The number of benzene rings is 1. The van der Waals surface area contributed by atoms with Gasteiger partial charge in [0, 0.05) is 42.5 Å². The van der Waals surface area contributed by atoms with Crippen LogP contribution in [0.25, 0.3) is 0 Å². The minimum atomic E-state index is 0.0465. The molecule has 0 bridgehead atoms. The molecule has 6 nitrogen and oxygen atoms in total. The number of pyridine rings is 1. The van der Waals surface area contributed by atoms with Gasteiger partial charge in [0.25, 0.3) is 0 Å². The predicted molar refractivity (Wildman–Crippen MR) is 108 cm³/mol. The van der Waals surface area contributed by atoms with E-state index in [0.717, 1.165) is 40.8 Å². The molecular weight excluding hydrogens is 374 g/mol. The van der Waals surface area contributed by atoms with E-state index in [2.05, 4.69) is 26.7 Å². The van der Waals surface area contributed by atoms with Crippen molar-refractivity contribution in [1.29, 1.82) is 0 Å². The molecule has 2 aromatic heterocycles. The maximum absolute atomic E-state index is 5.90. The monoisotopic (exact) mass is 397 g/mol. The van der Waals surface area contributed by atoms with Crippen molar-refractivity contribution < 1.29 is 14.2 Å². The van der Waals surface area contributed by atoms with Crippen LogP contribution in [0.15, 0.2) is 54.2 Å². The molecule has 146 valence electrons. The Morgan fingerprint density at radius 3 is 2.86 bits per heavy atom. The topological polar surface area (TPSA) is 65.5 Å². The van der Waals surface area contributed by atoms with Gasteiger partial charge in [0.1, 0.15) is 23.1 Å². The molecule has 3 aromatic rings. The third kappa shape index (κ3) is 4.67. The van der Waals surface area contributed by atoms with Crippen LogP contribution in [-0.2, 0) is 17.9 Å². The van der Waals surface area contributed by atoms with E-state index in [1.54, 1.807) is 24.6 Å². The van der Waals surface area contributed by atoms with Crippen LogP contribution in [0.4, 0.5) is 0 Å². The minimum Gasteiger partial charge on any atom is -0.497 e. The maximum atomic E-state index is 5.90. The summed E-state index contributed by atoms with van der Waals surface area (Å²) in [5, 5.41) is 6.62. The Morgan fingerprint density at radius 2 is 2.07 bits per heavy atom. The lowest BCUT2D eigenvalue weighted by molar-refractivity contribution is 0.0981. The number of methoxy groups -OCH3 is 1. The Hall–Kier alpha value is -2.48. The van der Waals surface area contributed by atoms with Gasteiger partial charge in [-0.3, -0.25) is 4.98 Å². The molecular formula is C21H23N3O3S. The van der Waals surface area contributed by atoms with Gasteiger partial charge in [-0.05, 0) is 36.8 Å². The predicted octanol–water partition coefficient (Wildman–Crippen LogP) is 3.75. The Balaban J connectivity index is 1.28. The second-order valence-electron chi connectivity index (χ2n) is 6.55. The molecule has 1 N–H and O–H groups in total. The summed E-state index contributed by atoms with van der Waals surface area (Å²) in [6.45, 7) is 1.93. The fourth-order valence-corrected chi connectivity index (χ4v) is 3.93. The highest BCUT2D eigenvalue weighted by atomic mass is 32.1. The third-order valence-corrected chi connectivity index (χ3v) is 5.54. The number of ether oxygens (including phenoxy) is 3. The molecule has 0 unspecified atom stereocenters. The Labute approximate surface area is 168 Å². The highest BCUT2D eigenvalue weighted by Crippen LogP contribution is 2.29. The molecule has 1 aliphatic heterocycles. The van der Waals surface area contributed by atoms with Crippen LogP contribution in [0.1, 0.15) is 28.8 Å². The van der Waals surface area contributed by atoms with Crippen molar-refractivity contribution in [2.45, 2.75) is 31.7 Å². The first kappa shape index (κ1) is 18.9. The number of rotatable bonds is 8. The van der Waals surface area contributed by atoms with Crippen molar-refractivity contribution >= 4 is 11.3 Å². The standard InChI is InChI=1S/C21H23N3O3S/c1-25-17-4-6-18(7-5-17)27-13-20-24-16(14-28-20)12-23-19-8-10-26-21(19)15-3-2-9-22-11-15/h2-7,9,11,14,19,21,23H,8,10,12-13H2,1H3/t19-,21+/m0/s1. The van der Waals surface area contributed by atoms with E-state index >= 15 is 0 Å². The van der Waals surface area contributed by atoms with Gasteiger partial charge < -0.3 is 19.5 Å². The van der Waals surface area contributed by atoms with Crippen molar-refractivity contribution in [3.63, 3.8) is 0 Å². The largest absolute Gasteiger partial charge is 0.497 e. The van der Waals surface area contributed by atoms with Gasteiger partial charge in [-0.15, -0.1) is 11.3 Å². The second-order valence-corrected chi connectivity index (χ2v) is 7.49. The van der Waals surface area contributed by atoms with Crippen LogP contribution < -0.4 is 14.8 Å². The SMILES string of the molecule is COc1ccc(OCc2nc(CN[C@H]3CCO[C@@H]3c3cccnc3)cs2)cc1. The molecule has 1 aromatic carbocycles. The highest BCUT2D eigenvalue weighted by molar-refractivity contribution is 7.09. The van der Waals surface area contributed by atoms with Gasteiger partial charge in [0.15, 0.2) is 0 Å². The van der Waals surface area contributed by atoms with Gasteiger partial charge in [-0.1, -0.05) is 6.07 Å². The van der Waals surface area contributed by atoms with E-state index in [4.69, 9.17) is 14.2 Å². The number of thiazole rings is 1. The highest BCUT2D eigenvalue weighted by Gasteiger charge is 2.29. The van der Waals surface area contributed by atoms with Gasteiger partial charge >= 0.3 is 0 Å². The van der Waals surface area contributed by atoms with Gasteiger partial charge in [-0.2, -0.15) is 0 Å². The average Bonchev–Trinajstić information content (AvgIpc) is 3.41. The number of nitrogens with zero attached hydrogens (tertiary/aromatic N) is 2. The first-order valence-electron chi connectivity index (χ1n) is 9.27. The van der Waals surface area contributed by atoms with Crippen LogP contribution in [0.2, 0.25) is 0 Å². The maximum Gasteiger partial charge on any atom is 0.140 e. The van der Waals surface area contributed by atoms with Gasteiger partial charge in [-0.25, -0.2) is 4.98 Å². The smallest absolute Gasteiger partial charge is 0.140 e. The van der Waals surface area contributed by atoms with Crippen molar-refractivity contribution in [1.82, 2.24) is 15.3 Å². The molecule has 0 amide bonds. The van der Waals surface area contributed by atoms with Crippen LogP contribution >= 0.6 is 11.3 Å². The number of hydrogen-bond donors (Lipinski definition) is 1. The molecule has 7 heteroatoms. The summed E-state index contributed by atoms with van der Waals surface area (Å²) < 4.78 is 16.9. The van der Waals surface area contributed by atoms with Gasteiger partial charge in [0.2, 0.25) is 0 Å². The van der Waals surface area contributed by atoms with E-state index in [9.17, 15) is 0 Å². The first-order valence-corrected chi connectivity index (χ1v) is 10.1. The quantitative estimate of drug-likeness (QED) is 0.625. The molecule has 1 fully saturated rings. The van der Waals surface area contributed by atoms with Crippen molar-refractivity contribution in [3.05, 3.63) is 70.4 Å². The van der Waals surface area contributed by atoms with Crippen LogP contribution in [0.3, 0.4) is 0 Å². The van der Waals surface area contributed by atoms with Crippen LogP contribution in [0, 0.1) is 0 Å². The zero-order valence-corrected chi connectivity index (χ0v) is 16.5. The summed E-state index contributed by atoms with van der Waals surface area (Å²) in [5.74, 6) is 1.62. The Bertz CT molecular complexity index is 870. The fourth-order valence-electron chi connectivity index (χ4n) is 3.22. The zero-order chi connectivity index (χ0) is 19.2. The molecule has 0 spiro atoms. The van der Waals surface area contributed by atoms with E-state index in [1.807, 2.05) is 36.5 Å². The minimum absolute atomic E-state index is 0.0465. The fraction of sp³-hybridized carbons (Fsp3) is 0.333. The van der Waals surface area contributed by atoms with E-state index in [0.29, 0.717) is 13.2 Å². The lowest BCUT2D eigenvalue weighted by atomic mass is 10.0. The third-order valence-electron chi connectivity index (χ3n) is 4.67. The van der Waals surface area contributed by atoms with Crippen LogP contribution in [0.5, 0.6) is 11.5 Å². The van der Waals surface area contributed by atoms with Crippen molar-refractivity contribution in [3.8, 4) is 11.5 Å². The number of aromatic nitrogens is 2. The molecule has 3 heterocycles. The lowest BCUT2D eigenvalue weighted by Gasteiger charge is -2.19. The normalized spacial score (nSPS) is 18.9. The van der Waals surface area contributed by atoms with E-state index in [-0.39, 0.29) is 12.1 Å². The zero-order valence-electron chi connectivity index (χ0n) is 15.7.